The molecule has 2 saturated heterocycles. The third-order valence-electron chi connectivity index (χ3n) is 5.44. The second-order valence-corrected chi connectivity index (χ2v) is 7.91. The first-order valence-corrected chi connectivity index (χ1v) is 9.35. The number of carbonyl (C=O) groups is 1. The van der Waals surface area contributed by atoms with Crippen LogP contribution < -0.4 is 0 Å². The molecule has 1 amide bonds. The Morgan fingerprint density at radius 2 is 1.35 bits per heavy atom. The largest absolute Gasteiger partial charge is 0.340 e. The molecule has 0 saturated carbocycles. The molecule has 134 valence electrons. The molecule has 2 aliphatic rings. The van der Waals surface area contributed by atoms with Crippen LogP contribution in [-0.2, 0) is 4.79 Å². The summed E-state index contributed by atoms with van der Waals surface area (Å²) in [6.45, 7) is 17.3. The third kappa shape index (κ3) is 5.44. The number of piperazine rings is 2. The van der Waals surface area contributed by atoms with Gasteiger partial charge in [-0.25, -0.2) is 0 Å². The van der Waals surface area contributed by atoms with Crippen LogP contribution in [0.3, 0.4) is 0 Å². The molecule has 0 N–H and O–H groups in total. The van der Waals surface area contributed by atoms with Gasteiger partial charge in [-0.2, -0.15) is 0 Å². The van der Waals surface area contributed by atoms with Crippen molar-refractivity contribution in [2.24, 2.45) is 5.41 Å². The summed E-state index contributed by atoms with van der Waals surface area (Å²) in [4.78, 5) is 22.2. The Kier molecular flexibility index (Phi) is 6.86. The molecule has 0 aliphatic carbocycles. The standard InChI is InChI=1S/C18H36N4O/c1-5-6-18(2,3)17(23)22-15-13-21(14-16-22)12-11-20-9-7-19(4)8-10-20/h5-16H2,1-4H3. The highest BCUT2D eigenvalue weighted by Gasteiger charge is 2.32. The average Bonchev–Trinajstić information content (AvgIpc) is 2.54. The number of nitrogens with zero attached hydrogens (tertiary/aromatic N) is 4. The summed E-state index contributed by atoms with van der Waals surface area (Å²) in [6.07, 6.45) is 2.05. The maximum atomic E-state index is 12.6. The minimum absolute atomic E-state index is 0.198. The van der Waals surface area contributed by atoms with E-state index in [1.807, 2.05) is 0 Å². The maximum Gasteiger partial charge on any atom is 0.228 e. The van der Waals surface area contributed by atoms with Crippen molar-refractivity contribution in [1.82, 2.24) is 19.6 Å². The second kappa shape index (κ2) is 8.45. The lowest BCUT2D eigenvalue weighted by molar-refractivity contribution is -0.142. The summed E-state index contributed by atoms with van der Waals surface area (Å²) in [5.41, 5.74) is -0.198. The Morgan fingerprint density at radius 1 is 0.870 bits per heavy atom. The van der Waals surface area contributed by atoms with Crippen LogP contribution in [0.2, 0.25) is 0 Å². The second-order valence-electron chi connectivity index (χ2n) is 7.91. The molecule has 5 heteroatoms. The maximum absolute atomic E-state index is 12.6. The Labute approximate surface area is 142 Å². The van der Waals surface area contributed by atoms with Gasteiger partial charge in [-0.1, -0.05) is 27.2 Å². The molecule has 23 heavy (non-hydrogen) atoms. The average molecular weight is 325 g/mol. The molecule has 2 rings (SSSR count). The normalized spacial score (nSPS) is 22.5. The van der Waals surface area contributed by atoms with Crippen molar-refractivity contribution in [3.05, 3.63) is 0 Å². The van der Waals surface area contributed by atoms with Crippen molar-refractivity contribution in [3.63, 3.8) is 0 Å². The van der Waals surface area contributed by atoms with Gasteiger partial charge in [0.2, 0.25) is 5.91 Å². The summed E-state index contributed by atoms with van der Waals surface area (Å²) < 4.78 is 0. The molecule has 0 aromatic heterocycles. The van der Waals surface area contributed by atoms with E-state index in [0.717, 1.165) is 45.6 Å². The molecule has 0 unspecified atom stereocenters. The molecule has 0 bridgehead atoms. The van der Waals surface area contributed by atoms with Crippen LogP contribution in [0.25, 0.3) is 0 Å². The molecule has 0 radical (unpaired) electrons. The first kappa shape index (κ1) is 18.7. The van der Waals surface area contributed by atoms with Gasteiger partial charge in [-0.15, -0.1) is 0 Å². The topological polar surface area (TPSA) is 30.0 Å². The van der Waals surface area contributed by atoms with Gasteiger partial charge in [0, 0.05) is 70.9 Å². The van der Waals surface area contributed by atoms with Gasteiger partial charge in [0.05, 0.1) is 0 Å². The Bertz CT molecular complexity index is 369. The zero-order valence-corrected chi connectivity index (χ0v) is 15.7. The Morgan fingerprint density at radius 3 is 1.83 bits per heavy atom. The van der Waals surface area contributed by atoms with Crippen molar-refractivity contribution in [1.29, 1.82) is 0 Å². The minimum Gasteiger partial charge on any atom is -0.340 e. The van der Waals surface area contributed by atoms with Gasteiger partial charge in [0.25, 0.3) is 0 Å². The lowest BCUT2D eigenvalue weighted by Gasteiger charge is -2.40. The lowest BCUT2D eigenvalue weighted by atomic mass is 9.86. The fourth-order valence-electron chi connectivity index (χ4n) is 3.69. The summed E-state index contributed by atoms with van der Waals surface area (Å²) in [5.74, 6) is 0.345. The van der Waals surface area contributed by atoms with E-state index in [1.165, 1.54) is 32.7 Å². The van der Waals surface area contributed by atoms with Crippen LogP contribution in [-0.4, -0.2) is 98.0 Å². The molecule has 0 atom stereocenters. The van der Waals surface area contributed by atoms with Gasteiger partial charge in [0.15, 0.2) is 0 Å². The fraction of sp³-hybridized carbons (Fsp3) is 0.944. The van der Waals surface area contributed by atoms with Crippen molar-refractivity contribution >= 4 is 5.91 Å². The van der Waals surface area contributed by atoms with Gasteiger partial charge in [-0.3, -0.25) is 14.6 Å². The molecular formula is C18H36N4O. The fourth-order valence-corrected chi connectivity index (χ4v) is 3.69. The van der Waals surface area contributed by atoms with Crippen LogP contribution in [0.1, 0.15) is 33.6 Å². The van der Waals surface area contributed by atoms with E-state index in [0.29, 0.717) is 5.91 Å². The minimum atomic E-state index is -0.198. The monoisotopic (exact) mass is 324 g/mol. The molecule has 0 spiro atoms. The van der Waals surface area contributed by atoms with Crippen LogP contribution in [0.5, 0.6) is 0 Å². The number of hydrogen-bond donors (Lipinski definition) is 0. The Hall–Kier alpha value is -0.650. The van der Waals surface area contributed by atoms with E-state index >= 15 is 0 Å². The quantitative estimate of drug-likeness (QED) is 0.734. The Balaban J connectivity index is 1.68. The molecular weight excluding hydrogens is 288 g/mol. The summed E-state index contributed by atoms with van der Waals surface area (Å²) in [5, 5.41) is 0. The zero-order chi connectivity index (χ0) is 16.9. The predicted molar refractivity (Wildman–Crippen MR) is 95.6 cm³/mol. The van der Waals surface area contributed by atoms with E-state index < -0.39 is 0 Å². The predicted octanol–water partition coefficient (Wildman–Crippen LogP) is 1.20. The van der Waals surface area contributed by atoms with Crippen LogP contribution in [0, 0.1) is 5.41 Å². The zero-order valence-electron chi connectivity index (χ0n) is 15.7. The van der Waals surface area contributed by atoms with E-state index in [-0.39, 0.29) is 5.41 Å². The number of likely N-dealkylation sites (N-methyl/N-ethyl adjacent to an activating group) is 1. The number of hydrogen-bond acceptors (Lipinski definition) is 4. The first-order chi connectivity index (χ1) is 10.9. The van der Waals surface area contributed by atoms with Crippen molar-refractivity contribution in [3.8, 4) is 0 Å². The number of amides is 1. The summed E-state index contributed by atoms with van der Waals surface area (Å²) >= 11 is 0. The number of rotatable bonds is 6. The molecule has 2 heterocycles. The lowest BCUT2D eigenvalue weighted by Crippen LogP contribution is -2.54. The van der Waals surface area contributed by atoms with Crippen LogP contribution in [0.4, 0.5) is 0 Å². The van der Waals surface area contributed by atoms with Crippen molar-refractivity contribution in [2.45, 2.75) is 33.6 Å². The molecule has 0 aromatic rings. The van der Waals surface area contributed by atoms with E-state index in [2.05, 4.69) is 47.4 Å². The van der Waals surface area contributed by atoms with Crippen molar-refractivity contribution in [2.75, 3.05) is 72.5 Å². The summed E-state index contributed by atoms with van der Waals surface area (Å²) in [6, 6.07) is 0. The van der Waals surface area contributed by atoms with Gasteiger partial charge in [0.1, 0.15) is 0 Å². The van der Waals surface area contributed by atoms with E-state index in [1.54, 1.807) is 0 Å². The first-order valence-electron chi connectivity index (χ1n) is 9.35. The molecule has 0 aromatic carbocycles. The highest BCUT2D eigenvalue weighted by atomic mass is 16.2. The van der Waals surface area contributed by atoms with E-state index in [4.69, 9.17) is 0 Å². The SMILES string of the molecule is CCCC(C)(C)C(=O)N1CCN(CCN2CCN(C)CC2)CC1. The van der Waals surface area contributed by atoms with Gasteiger partial charge < -0.3 is 9.80 Å². The highest BCUT2D eigenvalue weighted by molar-refractivity contribution is 5.82. The highest BCUT2D eigenvalue weighted by Crippen LogP contribution is 2.25. The number of carbonyl (C=O) groups excluding carboxylic acids is 1. The molecule has 2 aliphatic heterocycles. The van der Waals surface area contributed by atoms with Crippen LogP contribution in [0.15, 0.2) is 0 Å². The van der Waals surface area contributed by atoms with Gasteiger partial charge >= 0.3 is 0 Å². The molecule has 5 nitrogen and oxygen atoms in total. The van der Waals surface area contributed by atoms with E-state index in [9.17, 15) is 4.79 Å². The van der Waals surface area contributed by atoms with Crippen LogP contribution >= 0.6 is 0 Å². The van der Waals surface area contributed by atoms with Crippen molar-refractivity contribution < 1.29 is 4.79 Å². The van der Waals surface area contributed by atoms with Gasteiger partial charge in [-0.05, 0) is 13.5 Å². The summed E-state index contributed by atoms with van der Waals surface area (Å²) in [7, 11) is 2.20. The smallest absolute Gasteiger partial charge is 0.228 e. The molecule has 2 fully saturated rings. The third-order valence-corrected chi connectivity index (χ3v) is 5.44.